The van der Waals surface area contributed by atoms with Crippen LogP contribution in [-0.4, -0.2) is 31.6 Å². The molecule has 2 rings (SSSR count). The van der Waals surface area contributed by atoms with E-state index in [0.717, 1.165) is 24.8 Å². The van der Waals surface area contributed by atoms with Crippen molar-refractivity contribution in [1.82, 2.24) is 4.90 Å². The topological polar surface area (TPSA) is 38.5 Å². The number of nitrogens with zero attached hydrogens (tertiary/aromatic N) is 1. The van der Waals surface area contributed by atoms with Crippen LogP contribution in [0, 0.1) is 5.92 Å². The summed E-state index contributed by atoms with van der Waals surface area (Å²) >= 11 is 6.24. The minimum absolute atomic E-state index is 0.253. The highest BCUT2D eigenvalue weighted by Gasteiger charge is 2.22. The number of halogens is 1. The third-order valence-electron chi connectivity index (χ3n) is 4.28. The average Bonchev–Trinajstić information content (AvgIpc) is 2.65. The van der Waals surface area contributed by atoms with Crippen LogP contribution >= 0.6 is 11.6 Å². The Labute approximate surface area is 127 Å². The molecule has 0 amide bonds. The van der Waals surface area contributed by atoms with E-state index in [1.54, 1.807) is 7.11 Å². The van der Waals surface area contributed by atoms with E-state index in [2.05, 4.69) is 17.9 Å². The van der Waals surface area contributed by atoms with Gasteiger partial charge in [0.15, 0.2) is 0 Å². The summed E-state index contributed by atoms with van der Waals surface area (Å²) < 4.78 is 5.22. The molecule has 1 aromatic carbocycles. The maximum Gasteiger partial charge on any atom is 0.137 e. The Morgan fingerprint density at radius 1 is 1.40 bits per heavy atom. The van der Waals surface area contributed by atoms with Crippen LogP contribution in [0.5, 0.6) is 5.75 Å². The second-order valence-corrected chi connectivity index (χ2v) is 6.12. The average molecular weight is 297 g/mol. The van der Waals surface area contributed by atoms with Gasteiger partial charge in [0.25, 0.3) is 0 Å². The van der Waals surface area contributed by atoms with Gasteiger partial charge in [-0.25, -0.2) is 0 Å². The van der Waals surface area contributed by atoms with Gasteiger partial charge in [-0.15, -0.1) is 0 Å². The molecule has 1 fully saturated rings. The van der Waals surface area contributed by atoms with Crippen LogP contribution in [0.1, 0.15) is 37.8 Å². The van der Waals surface area contributed by atoms with Gasteiger partial charge in [-0.1, -0.05) is 24.6 Å². The van der Waals surface area contributed by atoms with Crippen molar-refractivity contribution in [3.8, 4) is 5.75 Å². The maximum atomic E-state index is 6.24. The maximum absolute atomic E-state index is 6.24. The fourth-order valence-corrected chi connectivity index (χ4v) is 3.25. The van der Waals surface area contributed by atoms with Crippen molar-refractivity contribution in [3.05, 3.63) is 28.8 Å². The molecule has 20 heavy (non-hydrogen) atoms. The molecule has 2 N–H and O–H groups in total. The fraction of sp³-hybridized carbons (Fsp3) is 0.625. The van der Waals surface area contributed by atoms with Gasteiger partial charge < -0.3 is 10.5 Å². The number of nitrogens with two attached hydrogens (primary N) is 1. The molecule has 0 aliphatic carbocycles. The van der Waals surface area contributed by atoms with E-state index in [9.17, 15) is 0 Å². The molecule has 2 atom stereocenters. The molecule has 1 heterocycles. The van der Waals surface area contributed by atoms with Gasteiger partial charge in [0, 0.05) is 12.6 Å². The Hall–Kier alpha value is -0.770. The van der Waals surface area contributed by atoms with Crippen LogP contribution < -0.4 is 10.5 Å². The molecule has 1 aromatic rings. The molecule has 2 unspecified atom stereocenters. The first-order valence-electron chi connectivity index (χ1n) is 7.43. The zero-order valence-corrected chi connectivity index (χ0v) is 13.2. The Balaban J connectivity index is 2.16. The molecular weight excluding hydrogens is 272 g/mol. The molecule has 0 aromatic heterocycles. The summed E-state index contributed by atoms with van der Waals surface area (Å²) in [5.74, 6) is 1.54. The monoisotopic (exact) mass is 296 g/mol. The van der Waals surface area contributed by atoms with Crippen LogP contribution in [0.15, 0.2) is 18.2 Å². The Bertz CT molecular complexity index is 438. The molecule has 3 nitrogen and oxygen atoms in total. The Kier molecular flexibility index (Phi) is 5.70. The van der Waals surface area contributed by atoms with Gasteiger partial charge >= 0.3 is 0 Å². The van der Waals surface area contributed by atoms with Gasteiger partial charge in [-0.3, -0.25) is 4.90 Å². The van der Waals surface area contributed by atoms with E-state index in [1.807, 2.05) is 12.1 Å². The summed E-state index contributed by atoms with van der Waals surface area (Å²) in [7, 11) is 1.64. The standard InChI is InChI=1S/C16H25ClN2O/c1-12-4-3-8-19(9-7-12)15(11-18)13-5-6-16(20-2)14(17)10-13/h5-6,10,12,15H,3-4,7-9,11,18H2,1-2H3. The van der Waals surface area contributed by atoms with E-state index < -0.39 is 0 Å². The number of likely N-dealkylation sites (tertiary alicyclic amines) is 1. The minimum atomic E-state index is 0.253. The predicted octanol–water partition coefficient (Wildman–Crippen LogP) is 3.47. The van der Waals surface area contributed by atoms with Crippen molar-refractivity contribution in [2.45, 2.75) is 32.2 Å². The lowest BCUT2D eigenvalue weighted by Crippen LogP contribution is -2.34. The molecule has 1 aliphatic rings. The summed E-state index contributed by atoms with van der Waals surface area (Å²) in [4.78, 5) is 2.50. The number of hydrogen-bond donors (Lipinski definition) is 1. The van der Waals surface area contributed by atoms with Crippen LogP contribution in [0.25, 0.3) is 0 Å². The molecule has 0 radical (unpaired) electrons. The van der Waals surface area contributed by atoms with E-state index in [-0.39, 0.29) is 6.04 Å². The fourth-order valence-electron chi connectivity index (χ4n) is 2.98. The van der Waals surface area contributed by atoms with Crippen molar-refractivity contribution < 1.29 is 4.74 Å². The highest BCUT2D eigenvalue weighted by Crippen LogP contribution is 2.31. The Morgan fingerprint density at radius 2 is 2.20 bits per heavy atom. The second-order valence-electron chi connectivity index (χ2n) is 5.72. The number of methoxy groups -OCH3 is 1. The zero-order valence-electron chi connectivity index (χ0n) is 12.4. The van der Waals surface area contributed by atoms with Gasteiger partial charge in [-0.2, -0.15) is 0 Å². The number of rotatable bonds is 4. The van der Waals surface area contributed by atoms with E-state index in [0.29, 0.717) is 11.6 Å². The van der Waals surface area contributed by atoms with Crippen molar-refractivity contribution in [2.75, 3.05) is 26.7 Å². The van der Waals surface area contributed by atoms with Crippen molar-refractivity contribution >= 4 is 11.6 Å². The third kappa shape index (κ3) is 3.66. The van der Waals surface area contributed by atoms with E-state index in [4.69, 9.17) is 22.1 Å². The molecule has 4 heteroatoms. The van der Waals surface area contributed by atoms with Gasteiger partial charge in [0.05, 0.1) is 12.1 Å². The van der Waals surface area contributed by atoms with Crippen LogP contribution in [0.4, 0.5) is 0 Å². The summed E-state index contributed by atoms with van der Waals surface area (Å²) in [5, 5.41) is 0.659. The lowest BCUT2D eigenvalue weighted by molar-refractivity contribution is 0.207. The lowest BCUT2D eigenvalue weighted by atomic mass is 10.0. The van der Waals surface area contributed by atoms with Crippen LogP contribution in [0.3, 0.4) is 0 Å². The summed E-state index contributed by atoms with van der Waals surface area (Å²) in [6, 6.07) is 6.26. The van der Waals surface area contributed by atoms with E-state index in [1.165, 1.54) is 24.8 Å². The highest BCUT2D eigenvalue weighted by molar-refractivity contribution is 6.32. The first kappa shape index (κ1) is 15.6. The summed E-state index contributed by atoms with van der Waals surface area (Å²) in [6.45, 7) is 5.20. The van der Waals surface area contributed by atoms with Crippen molar-refractivity contribution in [2.24, 2.45) is 11.7 Å². The van der Waals surface area contributed by atoms with Crippen molar-refractivity contribution in [1.29, 1.82) is 0 Å². The quantitative estimate of drug-likeness (QED) is 0.924. The largest absolute Gasteiger partial charge is 0.495 e. The third-order valence-corrected chi connectivity index (χ3v) is 4.57. The van der Waals surface area contributed by atoms with Crippen molar-refractivity contribution in [3.63, 3.8) is 0 Å². The Morgan fingerprint density at radius 3 is 2.85 bits per heavy atom. The second kappa shape index (κ2) is 7.30. The molecule has 1 saturated heterocycles. The molecule has 0 saturated carbocycles. The van der Waals surface area contributed by atoms with E-state index >= 15 is 0 Å². The minimum Gasteiger partial charge on any atom is -0.495 e. The molecule has 0 spiro atoms. The molecule has 112 valence electrons. The van der Waals surface area contributed by atoms with Crippen LogP contribution in [-0.2, 0) is 0 Å². The summed E-state index contributed by atoms with van der Waals surface area (Å²) in [6.07, 6.45) is 3.82. The molecular formula is C16H25ClN2O. The predicted molar refractivity (Wildman–Crippen MR) is 84.4 cm³/mol. The molecule has 1 aliphatic heterocycles. The number of hydrogen-bond acceptors (Lipinski definition) is 3. The SMILES string of the molecule is COc1ccc(C(CN)N2CCCC(C)CC2)cc1Cl. The first-order valence-corrected chi connectivity index (χ1v) is 7.81. The van der Waals surface area contributed by atoms with Gasteiger partial charge in [0.1, 0.15) is 5.75 Å². The highest BCUT2D eigenvalue weighted by atomic mass is 35.5. The zero-order chi connectivity index (χ0) is 14.5. The summed E-state index contributed by atoms with van der Waals surface area (Å²) in [5.41, 5.74) is 7.21. The number of ether oxygens (including phenoxy) is 1. The van der Waals surface area contributed by atoms with Gasteiger partial charge in [0.2, 0.25) is 0 Å². The van der Waals surface area contributed by atoms with Crippen LogP contribution in [0.2, 0.25) is 5.02 Å². The first-order chi connectivity index (χ1) is 9.65. The lowest BCUT2D eigenvalue weighted by Gasteiger charge is -2.30. The smallest absolute Gasteiger partial charge is 0.137 e. The van der Waals surface area contributed by atoms with Gasteiger partial charge in [-0.05, 0) is 56.0 Å². The number of benzene rings is 1. The molecule has 0 bridgehead atoms. The normalized spacial score (nSPS) is 22.3.